The van der Waals surface area contributed by atoms with Crippen molar-refractivity contribution in [1.82, 2.24) is 10.2 Å². The number of hydrogen-bond donors (Lipinski definition) is 1. The molecule has 0 unspecified atom stereocenters. The Morgan fingerprint density at radius 2 is 1.94 bits per heavy atom. The Balaban J connectivity index is 1.99. The highest BCUT2D eigenvalue weighted by molar-refractivity contribution is 4.94. The van der Waals surface area contributed by atoms with Gasteiger partial charge in [-0.15, -0.1) is 0 Å². The van der Waals surface area contributed by atoms with Gasteiger partial charge in [-0.05, 0) is 53.2 Å². The molecule has 0 heterocycles. The molecule has 0 radical (unpaired) electrons. The average molecular weight is 238 g/mol. The first-order valence-corrected chi connectivity index (χ1v) is 7.24. The molecule has 1 aliphatic rings. The lowest BCUT2D eigenvalue weighted by Gasteiger charge is -2.31. The fraction of sp³-hybridized carbons (Fsp3) is 0.867. The number of nitrogens with zero attached hydrogens (tertiary/aromatic N) is 1. The van der Waals surface area contributed by atoms with Crippen LogP contribution in [-0.4, -0.2) is 37.6 Å². The number of allylic oxidation sites excluding steroid dienone is 1. The van der Waals surface area contributed by atoms with Gasteiger partial charge >= 0.3 is 0 Å². The van der Waals surface area contributed by atoms with Crippen molar-refractivity contribution in [3.63, 3.8) is 0 Å². The van der Waals surface area contributed by atoms with Crippen LogP contribution >= 0.6 is 0 Å². The summed E-state index contributed by atoms with van der Waals surface area (Å²) in [6.07, 6.45) is 10.7. The number of hydrogen-bond acceptors (Lipinski definition) is 2. The Kier molecular flexibility index (Phi) is 7.54. The van der Waals surface area contributed by atoms with Crippen molar-refractivity contribution in [3.8, 4) is 0 Å². The van der Waals surface area contributed by atoms with Crippen molar-refractivity contribution in [2.45, 2.75) is 58.4 Å². The zero-order valence-electron chi connectivity index (χ0n) is 12.0. The van der Waals surface area contributed by atoms with Gasteiger partial charge < -0.3 is 10.2 Å². The van der Waals surface area contributed by atoms with Crippen molar-refractivity contribution < 1.29 is 0 Å². The molecular formula is C15H30N2. The summed E-state index contributed by atoms with van der Waals surface area (Å²) >= 11 is 0. The van der Waals surface area contributed by atoms with E-state index in [0.29, 0.717) is 0 Å². The molecule has 1 fully saturated rings. The Bertz CT molecular complexity index is 213. The molecule has 0 aromatic heterocycles. The van der Waals surface area contributed by atoms with E-state index in [-0.39, 0.29) is 0 Å². The molecule has 1 aliphatic carbocycles. The van der Waals surface area contributed by atoms with Gasteiger partial charge in [0.15, 0.2) is 0 Å². The van der Waals surface area contributed by atoms with E-state index in [4.69, 9.17) is 0 Å². The van der Waals surface area contributed by atoms with Gasteiger partial charge in [-0.2, -0.15) is 0 Å². The van der Waals surface area contributed by atoms with Crippen molar-refractivity contribution >= 4 is 0 Å². The van der Waals surface area contributed by atoms with Crippen LogP contribution in [0.5, 0.6) is 0 Å². The van der Waals surface area contributed by atoms with Crippen LogP contribution in [0.15, 0.2) is 11.6 Å². The molecule has 1 saturated carbocycles. The summed E-state index contributed by atoms with van der Waals surface area (Å²) in [5, 5.41) is 3.47. The van der Waals surface area contributed by atoms with Crippen LogP contribution in [0.4, 0.5) is 0 Å². The van der Waals surface area contributed by atoms with E-state index in [1.54, 1.807) is 0 Å². The lowest BCUT2D eigenvalue weighted by atomic mass is 9.94. The first-order valence-electron chi connectivity index (χ1n) is 7.24. The van der Waals surface area contributed by atoms with E-state index in [1.165, 1.54) is 50.6 Å². The third kappa shape index (κ3) is 6.85. The van der Waals surface area contributed by atoms with E-state index >= 15 is 0 Å². The molecule has 1 rings (SSSR count). The second-order valence-electron chi connectivity index (χ2n) is 5.61. The minimum Gasteiger partial charge on any atom is -0.313 e. The molecule has 0 saturated heterocycles. The lowest BCUT2D eigenvalue weighted by Crippen LogP contribution is -2.35. The van der Waals surface area contributed by atoms with Gasteiger partial charge in [0.1, 0.15) is 0 Å². The first-order chi connectivity index (χ1) is 8.20. The fourth-order valence-electron chi connectivity index (χ4n) is 2.54. The number of rotatable bonds is 7. The zero-order valence-corrected chi connectivity index (χ0v) is 12.0. The zero-order chi connectivity index (χ0) is 12.5. The molecule has 0 amide bonds. The molecule has 100 valence electrons. The Morgan fingerprint density at radius 1 is 1.24 bits per heavy atom. The van der Waals surface area contributed by atoms with Crippen LogP contribution in [-0.2, 0) is 0 Å². The Labute approximate surface area is 107 Å². The van der Waals surface area contributed by atoms with E-state index in [2.05, 4.69) is 37.2 Å². The monoisotopic (exact) mass is 238 g/mol. The highest BCUT2D eigenvalue weighted by atomic mass is 15.1. The van der Waals surface area contributed by atoms with Crippen LogP contribution < -0.4 is 5.32 Å². The molecule has 0 atom stereocenters. The van der Waals surface area contributed by atoms with Crippen LogP contribution in [0.1, 0.15) is 52.4 Å². The average Bonchev–Trinajstić information content (AvgIpc) is 2.34. The summed E-state index contributed by atoms with van der Waals surface area (Å²) in [5.41, 5.74) is 1.40. The first kappa shape index (κ1) is 14.7. The summed E-state index contributed by atoms with van der Waals surface area (Å²) < 4.78 is 0. The van der Waals surface area contributed by atoms with Gasteiger partial charge in [-0.25, -0.2) is 0 Å². The maximum absolute atomic E-state index is 3.47. The third-order valence-electron chi connectivity index (χ3n) is 3.72. The smallest absolute Gasteiger partial charge is 0.0137 e. The summed E-state index contributed by atoms with van der Waals surface area (Å²) in [5.74, 6) is 0. The molecule has 0 bridgehead atoms. The van der Waals surface area contributed by atoms with Gasteiger partial charge in [-0.1, -0.05) is 30.9 Å². The second kappa shape index (κ2) is 8.71. The van der Waals surface area contributed by atoms with Gasteiger partial charge in [-0.3, -0.25) is 0 Å². The van der Waals surface area contributed by atoms with Crippen molar-refractivity contribution in [1.29, 1.82) is 0 Å². The van der Waals surface area contributed by atoms with E-state index in [9.17, 15) is 0 Å². The van der Waals surface area contributed by atoms with E-state index in [0.717, 1.165) is 19.1 Å². The molecule has 0 aromatic carbocycles. The Morgan fingerprint density at radius 3 is 2.59 bits per heavy atom. The van der Waals surface area contributed by atoms with Gasteiger partial charge in [0.2, 0.25) is 0 Å². The predicted molar refractivity (Wildman–Crippen MR) is 76.4 cm³/mol. The third-order valence-corrected chi connectivity index (χ3v) is 3.72. The van der Waals surface area contributed by atoms with Crippen molar-refractivity contribution in [3.05, 3.63) is 11.6 Å². The van der Waals surface area contributed by atoms with Crippen molar-refractivity contribution in [2.24, 2.45) is 0 Å². The minimum absolute atomic E-state index is 0.863. The van der Waals surface area contributed by atoms with Crippen LogP contribution in [0.2, 0.25) is 0 Å². The highest BCUT2D eigenvalue weighted by Crippen LogP contribution is 2.21. The van der Waals surface area contributed by atoms with Gasteiger partial charge in [0.05, 0.1) is 0 Å². The molecule has 17 heavy (non-hydrogen) atoms. The lowest BCUT2D eigenvalue weighted by molar-refractivity contribution is 0.190. The molecule has 0 aliphatic heterocycles. The maximum atomic E-state index is 3.47. The van der Waals surface area contributed by atoms with Crippen molar-refractivity contribution in [2.75, 3.05) is 26.7 Å². The fourth-order valence-corrected chi connectivity index (χ4v) is 2.54. The quantitative estimate of drug-likeness (QED) is 0.541. The summed E-state index contributed by atoms with van der Waals surface area (Å²) in [6.45, 7) is 7.71. The molecule has 2 nitrogen and oxygen atoms in total. The molecule has 2 heteroatoms. The topological polar surface area (TPSA) is 15.3 Å². The number of nitrogens with one attached hydrogen (secondary N) is 1. The summed E-state index contributed by atoms with van der Waals surface area (Å²) in [6, 6.07) is 0.863. The molecular weight excluding hydrogens is 208 g/mol. The molecule has 0 aromatic rings. The molecule has 1 N–H and O–H groups in total. The largest absolute Gasteiger partial charge is 0.313 e. The van der Waals surface area contributed by atoms with Gasteiger partial charge in [0, 0.05) is 12.6 Å². The standard InChI is InChI=1S/C15H30N2/c1-14(2)10-12-16-11-7-13-17(3)15-8-5-4-6-9-15/h10,15-16H,4-9,11-13H2,1-3H3. The summed E-state index contributed by atoms with van der Waals surface area (Å²) in [4.78, 5) is 2.57. The maximum Gasteiger partial charge on any atom is 0.0137 e. The van der Waals surface area contributed by atoms with E-state index in [1.807, 2.05) is 0 Å². The normalized spacial score (nSPS) is 17.4. The SMILES string of the molecule is CC(C)=CCNCCCN(C)C1CCCCC1. The summed E-state index contributed by atoms with van der Waals surface area (Å²) in [7, 11) is 2.30. The minimum atomic E-state index is 0.863. The Hall–Kier alpha value is -0.340. The predicted octanol–water partition coefficient (Wildman–Crippen LogP) is 3.20. The highest BCUT2D eigenvalue weighted by Gasteiger charge is 2.16. The van der Waals surface area contributed by atoms with E-state index < -0.39 is 0 Å². The molecule has 0 spiro atoms. The van der Waals surface area contributed by atoms with Crippen LogP contribution in [0, 0.1) is 0 Å². The van der Waals surface area contributed by atoms with Gasteiger partial charge in [0.25, 0.3) is 0 Å². The second-order valence-corrected chi connectivity index (χ2v) is 5.61. The van der Waals surface area contributed by atoms with Crippen LogP contribution in [0.25, 0.3) is 0 Å². The van der Waals surface area contributed by atoms with Crippen LogP contribution in [0.3, 0.4) is 0 Å².